The lowest BCUT2D eigenvalue weighted by atomic mass is 10.2. The molecule has 3 aromatic carbocycles. The van der Waals surface area contributed by atoms with Gasteiger partial charge in [-0.25, -0.2) is 5.43 Å². The summed E-state index contributed by atoms with van der Waals surface area (Å²) in [5.41, 5.74) is 6.66. The largest absolute Gasteiger partial charge is 0.497 e. The summed E-state index contributed by atoms with van der Waals surface area (Å²) in [6.07, 6.45) is 5.38. The molecule has 6 rings (SSSR count). The average molecular weight is 614 g/mol. The van der Waals surface area contributed by atoms with Crippen molar-refractivity contribution in [1.82, 2.24) is 19.5 Å². The topological polar surface area (TPSA) is 114 Å². The molecule has 3 heterocycles. The SMILES string of the molecule is COc1ccc(Nc2nc(NCc3ccco3)nc(N/N=C\c3cn(Cc4ccc(Cl)cc4Cl)c4ccccc34)n2)cc1. The smallest absolute Gasteiger partial charge is 0.250 e. The van der Waals surface area contributed by atoms with Gasteiger partial charge in [0.15, 0.2) is 0 Å². The van der Waals surface area contributed by atoms with Crippen LogP contribution in [0.4, 0.5) is 23.5 Å². The lowest BCUT2D eigenvalue weighted by molar-refractivity contribution is 0.415. The highest BCUT2D eigenvalue weighted by molar-refractivity contribution is 6.35. The van der Waals surface area contributed by atoms with Crippen molar-refractivity contribution in [3.8, 4) is 5.75 Å². The van der Waals surface area contributed by atoms with Gasteiger partial charge >= 0.3 is 0 Å². The molecule has 0 amide bonds. The van der Waals surface area contributed by atoms with Crippen LogP contribution in [0.1, 0.15) is 16.9 Å². The van der Waals surface area contributed by atoms with Crippen LogP contribution in [-0.4, -0.2) is 32.8 Å². The third-order valence-electron chi connectivity index (χ3n) is 6.53. The zero-order valence-corrected chi connectivity index (χ0v) is 24.5. The van der Waals surface area contributed by atoms with Gasteiger partial charge in [0.1, 0.15) is 11.5 Å². The zero-order valence-electron chi connectivity index (χ0n) is 23.0. The fourth-order valence-corrected chi connectivity index (χ4v) is 4.91. The molecular formula is C31H26Cl2N8O2. The molecule has 0 radical (unpaired) electrons. The quantitative estimate of drug-likeness (QED) is 0.101. The number of nitrogens with one attached hydrogen (secondary N) is 3. The number of rotatable bonds is 11. The van der Waals surface area contributed by atoms with Crippen LogP contribution in [0.3, 0.4) is 0 Å². The van der Waals surface area contributed by atoms with Crippen molar-refractivity contribution in [2.24, 2.45) is 5.10 Å². The number of fused-ring (bicyclic) bond motifs is 1. The van der Waals surface area contributed by atoms with Crippen molar-refractivity contribution in [3.63, 3.8) is 0 Å². The first-order valence-electron chi connectivity index (χ1n) is 13.3. The van der Waals surface area contributed by atoms with Gasteiger partial charge in [-0.1, -0.05) is 47.5 Å². The Bertz CT molecular complexity index is 1870. The number of anilines is 4. The Morgan fingerprint density at radius 1 is 0.930 bits per heavy atom. The normalized spacial score (nSPS) is 11.2. The Morgan fingerprint density at radius 2 is 1.74 bits per heavy atom. The van der Waals surface area contributed by atoms with Crippen LogP contribution in [0, 0.1) is 0 Å². The predicted octanol–water partition coefficient (Wildman–Crippen LogP) is 7.58. The maximum atomic E-state index is 6.46. The van der Waals surface area contributed by atoms with E-state index in [1.165, 1.54) is 0 Å². The van der Waals surface area contributed by atoms with E-state index in [0.717, 1.165) is 39.2 Å². The summed E-state index contributed by atoms with van der Waals surface area (Å²) in [5, 5.41) is 13.1. The maximum Gasteiger partial charge on any atom is 0.250 e. The molecule has 0 spiro atoms. The minimum atomic E-state index is 0.251. The van der Waals surface area contributed by atoms with Crippen molar-refractivity contribution >= 4 is 63.9 Å². The van der Waals surface area contributed by atoms with Crippen LogP contribution in [-0.2, 0) is 13.1 Å². The first-order chi connectivity index (χ1) is 21.0. The molecule has 3 N–H and O–H groups in total. The number of furan rings is 1. The number of nitrogens with zero attached hydrogens (tertiary/aromatic N) is 5. The van der Waals surface area contributed by atoms with Gasteiger partial charge in [-0.2, -0.15) is 20.1 Å². The molecule has 43 heavy (non-hydrogen) atoms. The highest BCUT2D eigenvalue weighted by Gasteiger charge is 2.11. The number of benzene rings is 3. The van der Waals surface area contributed by atoms with Crippen molar-refractivity contribution in [2.75, 3.05) is 23.2 Å². The molecule has 0 unspecified atom stereocenters. The molecule has 3 aromatic heterocycles. The van der Waals surface area contributed by atoms with E-state index in [9.17, 15) is 0 Å². The van der Waals surface area contributed by atoms with Crippen LogP contribution >= 0.6 is 23.2 Å². The number of ether oxygens (including phenoxy) is 1. The molecule has 0 saturated carbocycles. The van der Waals surface area contributed by atoms with Gasteiger partial charge in [-0.05, 0) is 60.2 Å². The Balaban J connectivity index is 1.24. The molecule has 216 valence electrons. The van der Waals surface area contributed by atoms with Gasteiger partial charge in [-0.3, -0.25) is 0 Å². The molecule has 0 atom stereocenters. The Kier molecular flexibility index (Phi) is 8.39. The van der Waals surface area contributed by atoms with Gasteiger partial charge in [-0.15, -0.1) is 0 Å². The molecular weight excluding hydrogens is 587 g/mol. The van der Waals surface area contributed by atoms with Gasteiger partial charge in [0.2, 0.25) is 17.8 Å². The molecule has 0 aliphatic carbocycles. The van der Waals surface area contributed by atoms with Gasteiger partial charge < -0.3 is 24.4 Å². The second-order valence-corrected chi connectivity index (χ2v) is 10.3. The molecule has 12 heteroatoms. The van der Waals surface area contributed by atoms with Gasteiger partial charge in [0, 0.05) is 44.9 Å². The fraction of sp³-hybridized carbons (Fsp3) is 0.0968. The van der Waals surface area contributed by atoms with E-state index in [0.29, 0.717) is 35.0 Å². The summed E-state index contributed by atoms with van der Waals surface area (Å²) >= 11 is 12.5. The van der Waals surface area contributed by atoms with Crippen LogP contribution in [0.5, 0.6) is 5.75 Å². The zero-order chi connectivity index (χ0) is 29.6. The fourth-order valence-electron chi connectivity index (χ4n) is 4.45. The van der Waals surface area contributed by atoms with E-state index < -0.39 is 0 Å². The van der Waals surface area contributed by atoms with Crippen LogP contribution in [0.25, 0.3) is 10.9 Å². The number of hydrogen-bond acceptors (Lipinski definition) is 9. The molecule has 6 aromatic rings. The first kappa shape index (κ1) is 28.1. The average Bonchev–Trinajstić information content (AvgIpc) is 3.66. The van der Waals surface area contributed by atoms with Crippen molar-refractivity contribution in [3.05, 3.63) is 118 Å². The monoisotopic (exact) mass is 612 g/mol. The second kappa shape index (κ2) is 12.8. The molecule has 0 aliphatic heterocycles. The summed E-state index contributed by atoms with van der Waals surface area (Å²) < 4.78 is 12.8. The van der Waals surface area contributed by atoms with E-state index in [1.54, 1.807) is 25.7 Å². The Labute approximate surface area is 257 Å². The minimum absolute atomic E-state index is 0.251. The highest BCUT2D eigenvalue weighted by atomic mass is 35.5. The lowest BCUT2D eigenvalue weighted by Gasteiger charge is -2.10. The third-order valence-corrected chi connectivity index (χ3v) is 7.11. The number of halogens is 2. The standard InChI is InChI=1S/C31H26Cl2N8O2/c1-42-24-12-10-23(11-13-24)36-30-37-29(34-17-25-5-4-14-43-25)38-31(39-30)40-35-16-21-19-41(28-7-3-2-6-26(21)28)18-20-8-9-22(32)15-27(20)33/h2-16,19H,17-18H2,1H3,(H3,34,36,37,38,39,40)/b35-16-. The predicted molar refractivity (Wildman–Crippen MR) is 171 cm³/mol. The summed E-state index contributed by atoms with van der Waals surface area (Å²) in [6, 6.07) is 24.8. The Hall–Kier alpha value is -5.06. The molecule has 10 nitrogen and oxygen atoms in total. The van der Waals surface area contributed by atoms with Gasteiger partial charge in [0.05, 0.1) is 26.1 Å². The van der Waals surface area contributed by atoms with Crippen LogP contribution < -0.4 is 20.8 Å². The Morgan fingerprint density at radius 3 is 2.53 bits per heavy atom. The van der Waals surface area contributed by atoms with Crippen molar-refractivity contribution < 1.29 is 9.15 Å². The number of methoxy groups -OCH3 is 1. The van der Waals surface area contributed by atoms with E-state index in [-0.39, 0.29) is 5.95 Å². The van der Waals surface area contributed by atoms with E-state index >= 15 is 0 Å². The van der Waals surface area contributed by atoms with Crippen LogP contribution in [0.15, 0.2) is 101 Å². The minimum Gasteiger partial charge on any atom is -0.497 e. The number of hydrogen-bond donors (Lipinski definition) is 3. The molecule has 0 saturated heterocycles. The van der Waals surface area contributed by atoms with E-state index in [1.807, 2.05) is 72.9 Å². The molecule has 0 fully saturated rings. The number of para-hydroxylation sites is 1. The van der Waals surface area contributed by atoms with Gasteiger partial charge in [0.25, 0.3) is 0 Å². The van der Waals surface area contributed by atoms with Crippen molar-refractivity contribution in [2.45, 2.75) is 13.1 Å². The second-order valence-electron chi connectivity index (χ2n) is 9.43. The number of hydrazone groups is 1. The van der Waals surface area contributed by atoms with E-state index in [4.69, 9.17) is 32.4 Å². The molecule has 0 bridgehead atoms. The summed E-state index contributed by atoms with van der Waals surface area (Å²) in [6.45, 7) is 0.981. The maximum absolute atomic E-state index is 6.46. The first-order valence-corrected chi connectivity index (χ1v) is 14.0. The third kappa shape index (κ3) is 6.88. The number of aromatic nitrogens is 4. The molecule has 0 aliphatic rings. The summed E-state index contributed by atoms with van der Waals surface area (Å²) in [7, 11) is 1.62. The highest BCUT2D eigenvalue weighted by Crippen LogP contribution is 2.26. The van der Waals surface area contributed by atoms with E-state index in [2.05, 4.69) is 46.7 Å². The van der Waals surface area contributed by atoms with Crippen molar-refractivity contribution in [1.29, 1.82) is 0 Å². The summed E-state index contributed by atoms with van der Waals surface area (Å²) in [5.74, 6) is 2.42. The lowest BCUT2D eigenvalue weighted by Crippen LogP contribution is -2.09. The summed E-state index contributed by atoms with van der Waals surface area (Å²) in [4.78, 5) is 13.5. The van der Waals surface area contributed by atoms with Crippen LogP contribution in [0.2, 0.25) is 10.0 Å².